The van der Waals surface area contributed by atoms with E-state index in [4.69, 9.17) is 10.00 Å². The van der Waals surface area contributed by atoms with Crippen LogP contribution >= 0.6 is 0 Å². The van der Waals surface area contributed by atoms with Gasteiger partial charge in [0.1, 0.15) is 5.75 Å². The molecule has 1 atom stereocenters. The number of hydrogen-bond donors (Lipinski definition) is 1. The molecular formula is C20H22N2O2. The van der Waals surface area contributed by atoms with Crippen LogP contribution in [0, 0.1) is 18.3 Å². The van der Waals surface area contributed by atoms with E-state index in [9.17, 15) is 4.79 Å². The smallest absolute Gasteiger partial charge is 0.220 e. The molecule has 0 aromatic heterocycles. The summed E-state index contributed by atoms with van der Waals surface area (Å²) in [4.78, 5) is 12.0. The van der Waals surface area contributed by atoms with Crippen molar-refractivity contribution in [1.29, 1.82) is 5.26 Å². The molecule has 0 heterocycles. The first-order valence-electron chi connectivity index (χ1n) is 8.07. The summed E-state index contributed by atoms with van der Waals surface area (Å²) in [6.45, 7) is 4.47. The van der Waals surface area contributed by atoms with Crippen LogP contribution < -0.4 is 10.1 Å². The van der Waals surface area contributed by atoms with E-state index in [-0.39, 0.29) is 11.9 Å². The van der Waals surface area contributed by atoms with Gasteiger partial charge in [-0.05, 0) is 55.7 Å². The summed E-state index contributed by atoms with van der Waals surface area (Å²) >= 11 is 0. The lowest BCUT2D eigenvalue weighted by Crippen LogP contribution is -2.26. The molecule has 0 aliphatic carbocycles. The summed E-state index contributed by atoms with van der Waals surface area (Å²) in [6.07, 6.45) is 1.09. The molecule has 0 radical (unpaired) electrons. The molecule has 0 bridgehead atoms. The maximum absolute atomic E-state index is 12.0. The zero-order valence-corrected chi connectivity index (χ0v) is 14.1. The molecule has 4 heteroatoms. The Morgan fingerprint density at radius 2 is 2.00 bits per heavy atom. The number of aryl methyl sites for hydroxylation is 1. The van der Waals surface area contributed by atoms with E-state index in [1.807, 2.05) is 50.2 Å². The van der Waals surface area contributed by atoms with Gasteiger partial charge in [-0.1, -0.05) is 24.3 Å². The SMILES string of the molecule is Cc1cccc(OCCCC(=O)NC(C)c2ccc(C#N)cc2)c1. The molecule has 1 unspecified atom stereocenters. The van der Waals surface area contributed by atoms with Crippen molar-refractivity contribution in [2.45, 2.75) is 32.7 Å². The number of nitrogens with zero attached hydrogens (tertiary/aromatic N) is 1. The number of nitriles is 1. The van der Waals surface area contributed by atoms with E-state index in [1.165, 1.54) is 0 Å². The maximum Gasteiger partial charge on any atom is 0.220 e. The summed E-state index contributed by atoms with van der Waals surface area (Å²) in [5.74, 6) is 0.834. The van der Waals surface area contributed by atoms with Gasteiger partial charge in [-0.25, -0.2) is 0 Å². The van der Waals surface area contributed by atoms with Crippen molar-refractivity contribution in [3.8, 4) is 11.8 Å². The largest absolute Gasteiger partial charge is 0.494 e. The highest BCUT2D eigenvalue weighted by atomic mass is 16.5. The highest BCUT2D eigenvalue weighted by molar-refractivity contribution is 5.76. The zero-order valence-electron chi connectivity index (χ0n) is 14.1. The summed E-state index contributed by atoms with van der Waals surface area (Å²) in [5, 5.41) is 11.8. The fourth-order valence-electron chi connectivity index (χ4n) is 2.37. The minimum absolute atomic E-state index is 0.000276. The lowest BCUT2D eigenvalue weighted by Gasteiger charge is -2.14. The predicted molar refractivity (Wildman–Crippen MR) is 93.6 cm³/mol. The van der Waals surface area contributed by atoms with E-state index >= 15 is 0 Å². The molecule has 2 aromatic rings. The summed E-state index contributed by atoms with van der Waals surface area (Å²) < 4.78 is 5.64. The number of rotatable bonds is 7. The van der Waals surface area contributed by atoms with Crippen LogP contribution in [-0.4, -0.2) is 12.5 Å². The number of carbonyl (C=O) groups excluding carboxylic acids is 1. The molecule has 1 amide bonds. The van der Waals surface area contributed by atoms with Crippen molar-refractivity contribution in [2.75, 3.05) is 6.61 Å². The van der Waals surface area contributed by atoms with Gasteiger partial charge in [0.15, 0.2) is 0 Å². The first-order valence-corrected chi connectivity index (χ1v) is 8.07. The summed E-state index contributed by atoms with van der Waals surface area (Å²) in [6, 6.07) is 17.1. The van der Waals surface area contributed by atoms with Crippen molar-refractivity contribution in [1.82, 2.24) is 5.32 Å². The third-order valence-corrected chi connectivity index (χ3v) is 3.72. The average molecular weight is 322 g/mol. The Kier molecular flexibility index (Phi) is 6.39. The van der Waals surface area contributed by atoms with Crippen LogP contribution in [0.3, 0.4) is 0 Å². The zero-order chi connectivity index (χ0) is 17.4. The molecule has 0 aliphatic heterocycles. The van der Waals surface area contributed by atoms with Gasteiger partial charge < -0.3 is 10.1 Å². The van der Waals surface area contributed by atoms with Crippen LogP contribution in [0.1, 0.15) is 42.5 Å². The minimum atomic E-state index is -0.0806. The van der Waals surface area contributed by atoms with Crippen molar-refractivity contribution in [3.63, 3.8) is 0 Å². The van der Waals surface area contributed by atoms with Crippen molar-refractivity contribution in [2.24, 2.45) is 0 Å². The first kappa shape index (κ1) is 17.6. The van der Waals surface area contributed by atoms with E-state index in [0.29, 0.717) is 25.0 Å². The molecule has 2 rings (SSSR count). The quantitative estimate of drug-likeness (QED) is 0.786. The van der Waals surface area contributed by atoms with Crippen molar-refractivity contribution >= 4 is 5.91 Å². The van der Waals surface area contributed by atoms with Gasteiger partial charge in [-0.15, -0.1) is 0 Å². The lowest BCUT2D eigenvalue weighted by molar-refractivity contribution is -0.121. The maximum atomic E-state index is 12.0. The second-order valence-corrected chi connectivity index (χ2v) is 5.79. The third kappa shape index (κ3) is 5.44. The highest BCUT2D eigenvalue weighted by Gasteiger charge is 2.09. The number of nitrogens with one attached hydrogen (secondary N) is 1. The fraction of sp³-hybridized carbons (Fsp3) is 0.300. The van der Waals surface area contributed by atoms with E-state index in [0.717, 1.165) is 16.9 Å². The van der Waals surface area contributed by atoms with Gasteiger partial charge in [0.2, 0.25) is 5.91 Å². The first-order chi connectivity index (χ1) is 11.6. The molecule has 4 nitrogen and oxygen atoms in total. The molecule has 0 aliphatic rings. The Morgan fingerprint density at radius 1 is 1.25 bits per heavy atom. The molecule has 1 N–H and O–H groups in total. The number of amides is 1. The molecule has 2 aromatic carbocycles. The highest BCUT2D eigenvalue weighted by Crippen LogP contribution is 2.14. The van der Waals surface area contributed by atoms with Gasteiger partial charge in [0.25, 0.3) is 0 Å². The Labute approximate surface area is 143 Å². The van der Waals surface area contributed by atoms with Gasteiger partial charge in [0.05, 0.1) is 24.3 Å². The van der Waals surface area contributed by atoms with Crippen LogP contribution in [0.15, 0.2) is 48.5 Å². The summed E-state index contributed by atoms with van der Waals surface area (Å²) in [7, 11) is 0. The standard InChI is InChI=1S/C20H22N2O2/c1-15-5-3-6-19(13-15)24-12-4-7-20(23)22-16(2)18-10-8-17(14-21)9-11-18/h3,5-6,8-11,13,16H,4,7,12H2,1-2H3,(H,22,23). The minimum Gasteiger partial charge on any atom is -0.494 e. The molecule has 0 saturated carbocycles. The Balaban J connectivity index is 1.71. The van der Waals surface area contributed by atoms with Gasteiger partial charge in [0, 0.05) is 6.42 Å². The Bertz CT molecular complexity index is 717. The molecule has 0 saturated heterocycles. The van der Waals surface area contributed by atoms with Crippen LogP contribution in [0.25, 0.3) is 0 Å². The van der Waals surface area contributed by atoms with E-state index < -0.39 is 0 Å². The van der Waals surface area contributed by atoms with Crippen molar-refractivity contribution in [3.05, 3.63) is 65.2 Å². The van der Waals surface area contributed by atoms with E-state index in [2.05, 4.69) is 11.4 Å². The van der Waals surface area contributed by atoms with Gasteiger partial charge >= 0.3 is 0 Å². The monoisotopic (exact) mass is 322 g/mol. The van der Waals surface area contributed by atoms with Crippen LogP contribution in [0.4, 0.5) is 0 Å². The third-order valence-electron chi connectivity index (χ3n) is 3.72. The second-order valence-electron chi connectivity index (χ2n) is 5.79. The second kappa shape index (κ2) is 8.73. The van der Waals surface area contributed by atoms with Crippen molar-refractivity contribution < 1.29 is 9.53 Å². The lowest BCUT2D eigenvalue weighted by atomic mass is 10.1. The predicted octanol–water partition coefficient (Wildman–Crippen LogP) is 3.90. The molecule has 24 heavy (non-hydrogen) atoms. The number of ether oxygens (including phenoxy) is 1. The Hall–Kier alpha value is -2.80. The van der Waals surface area contributed by atoms with Gasteiger partial charge in [-0.2, -0.15) is 5.26 Å². The molecular weight excluding hydrogens is 300 g/mol. The molecule has 124 valence electrons. The normalized spacial score (nSPS) is 11.4. The molecule has 0 spiro atoms. The van der Waals surface area contributed by atoms with Crippen LogP contribution in [-0.2, 0) is 4.79 Å². The topological polar surface area (TPSA) is 62.1 Å². The van der Waals surface area contributed by atoms with E-state index in [1.54, 1.807) is 12.1 Å². The summed E-state index contributed by atoms with van der Waals surface area (Å²) in [5.41, 5.74) is 2.76. The van der Waals surface area contributed by atoms with Gasteiger partial charge in [-0.3, -0.25) is 4.79 Å². The number of hydrogen-bond acceptors (Lipinski definition) is 3. The van der Waals surface area contributed by atoms with Crippen LogP contribution in [0.5, 0.6) is 5.75 Å². The average Bonchev–Trinajstić information content (AvgIpc) is 2.59. The number of carbonyl (C=O) groups is 1. The van der Waals surface area contributed by atoms with Crippen LogP contribution in [0.2, 0.25) is 0 Å². The fourth-order valence-corrected chi connectivity index (χ4v) is 2.37. The number of benzene rings is 2. The molecule has 0 fully saturated rings. The Morgan fingerprint density at radius 3 is 2.67 bits per heavy atom.